The first-order valence-electron chi connectivity index (χ1n) is 5.79. The van der Waals surface area contributed by atoms with E-state index in [9.17, 15) is 8.42 Å². The van der Waals surface area contributed by atoms with E-state index in [2.05, 4.69) is 4.72 Å². The average Bonchev–Trinajstić information content (AvgIpc) is 2.49. The number of hydrogen-bond acceptors (Lipinski definition) is 5. The van der Waals surface area contributed by atoms with Crippen LogP contribution in [0.15, 0.2) is 47.4 Å². The highest BCUT2D eigenvalue weighted by atomic mass is 32.2. The molecule has 0 atom stereocenters. The number of benzene rings is 2. The van der Waals surface area contributed by atoms with Crippen LogP contribution in [0.4, 0.5) is 11.4 Å². The Bertz CT molecular complexity index is 877. The van der Waals surface area contributed by atoms with E-state index in [1.165, 1.54) is 42.5 Å². The van der Waals surface area contributed by atoms with E-state index in [1.807, 2.05) is 12.1 Å². The number of rotatable bonds is 3. The summed E-state index contributed by atoms with van der Waals surface area (Å²) in [5.41, 5.74) is 6.61. The zero-order chi connectivity index (χ0) is 15.5. The van der Waals surface area contributed by atoms with Crippen molar-refractivity contribution in [3.63, 3.8) is 0 Å². The highest BCUT2D eigenvalue weighted by molar-refractivity contribution is 7.92. The van der Waals surface area contributed by atoms with Gasteiger partial charge in [-0.25, -0.2) is 8.42 Å². The smallest absolute Gasteiger partial charge is 0.262 e. The van der Waals surface area contributed by atoms with Crippen LogP contribution in [0, 0.1) is 22.7 Å². The molecule has 0 aliphatic carbocycles. The summed E-state index contributed by atoms with van der Waals surface area (Å²) in [6.07, 6.45) is 0. The molecule has 21 heavy (non-hydrogen) atoms. The van der Waals surface area contributed by atoms with Gasteiger partial charge in [0, 0.05) is 0 Å². The minimum Gasteiger partial charge on any atom is -0.397 e. The first-order chi connectivity index (χ1) is 9.96. The Hall–Kier alpha value is -3.03. The third-order valence-corrected chi connectivity index (χ3v) is 4.06. The molecule has 0 unspecified atom stereocenters. The molecule has 3 N–H and O–H groups in total. The van der Waals surface area contributed by atoms with Gasteiger partial charge in [-0.1, -0.05) is 6.07 Å². The summed E-state index contributed by atoms with van der Waals surface area (Å²) in [5, 5.41) is 17.5. The quantitative estimate of drug-likeness (QED) is 0.837. The van der Waals surface area contributed by atoms with Gasteiger partial charge in [0.15, 0.2) is 0 Å². The van der Waals surface area contributed by atoms with Crippen molar-refractivity contribution >= 4 is 21.4 Å². The lowest BCUT2D eigenvalue weighted by atomic mass is 10.2. The van der Waals surface area contributed by atoms with Gasteiger partial charge < -0.3 is 5.73 Å². The number of nitrogen functional groups attached to an aromatic ring is 1. The Balaban J connectivity index is 2.38. The van der Waals surface area contributed by atoms with Gasteiger partial charge in [0.1, 0.15) is 0 Å². The Morgan fingerprint density at radius 2 is 1.67 bits per heavy atom. The average molecular weight is 298 g/mol. The van der Waals surface area contributed by atoms with Crippen molar-refractivity contribution < 1.29 is 8.42 Å². The molecule has 0 aromatic heterocycles. The maximum absolute atomic E-state index is 12.2. The Labute approximate surface area is 122 Å². The summed E-state index contributed by atoms with van der Waals surface area (Å²) in [7, 11) is -3.85. The van der Waals surface area contributed by atoms with Crippen LogP contribution in [0.1, 0.15) is 11.1 Å². The minimum absolute atomic E-state index is 0.0368. The van der Waals surface area contributed by atoms with E-state index in [0.29, 0.717) is 5.56 Å². The zero-order valence-corrected chi connectivity index (χ0v) is 11.6. The zero-order valence-electron chi connectivity index (χ0n) is 10.7. The van der Waals surface area contributed by atoms with Gasteiger partial charge in [0.25, 0.3) is 10.0 Å². The number of nitriles is 2. The minimum atomic E-state index is -3.85. The van der Waals surface area contributed by atoms with Gasteiger partial charge in [-0.05, 0) is 36.4 Å². The number of sulfonamides is 1. The first-order valence-corrected chi connectivity index (χ1v) is 7.27. The third kappa shape index (κ3) is 3.11. The third-order valence-electron chi connectivity index (χ3n) is 2.70. The van der Waals surface area contributed by atoms with Crippen LogP contribution in [0.5, 0.6) is 0 Å². The molecule has 7 heteroatoms. The first kappa shape index (κ1) is 14.4. The lowest BCUT2D eigenvalue weighted by molar-refractivity contribution is 0.601. The van der Waals surface area contributed by atoms with Crippen molar-refractivity contribution in [2.45, 2.75) is 4.90 Å². The van der Waals surface area contributed by atoms with Crippen molar-refractivity contribution in [1.82, 2.24) is 0 Å². The lowest BCUT2D eigenvalue weighted by Crippen LogP contribution is -2.14. The van der Waals surface area contributed by atoms with Crippen molar-refractivity contribution in [3.05, 3.63) is 53.6 Å². The van der Waals surface area contributed by atoms with E-state index < -0.39 is 10.0 Å². The molecule has 0 aliphatic heterocycles. The van der Waals surface area contributed by atoms with E-state index in [4.69, 9.17) is 16.3 Å². The predicted molar refractivity (Wildman–Crippen MR) is 77.5 cm³/mol. The fourth-order valence-electron chi connectivity index (χ4n) is 1.66. The van der Waals surface area contributed by atoms with Crippen molar-refractivity contribution in [2.24, 2.45) is 0 Å². The Morgan fingerprint density at radius 3 is 2.29 bits per heavy atom. The SMILES string of the molecule is N#Cc1cccc(S(=O)(=O)Nc2ccc(C#N)cc2N)c1. The van der Waals surface area contributed by atoms with Gasteiger partial charge in [0.2, 0.25) is 0 Å². The molecule has 2 rings (SSSR count). The lowest BCUT2D eigenvalue weighted by Gasteiger charge is -2.10. The van der Waals surface area contributed by atoms with Gasteiger partial charge >= 0.3 is 0 Å². The maximum Gasteiger partial charge on any atom is 0.262 e. The van der Waals surface area contributed by atoms with E-state index in [1.54, 1.807) is 0 Å². The molecule has 0 amide bonds. The standard InChI is InChI=1S/C14H10N4O2S/c15-8-10-2-1-3-12(6-10)21(19,20)18-14-5-4-11(9-16)7-13(14)17/h1-7,18H,17H2. The number of nitrogens with one attached hydrogen (secondary N) is 1. The molecule has 0 aliphatic rings. The highest BCUT2D eigenvalue weighted by Crippen LogP contribution is 2.23. The van der Waals surface area contributed by atoms with Gasteiger partial charge in [-0.3, -0.25) is 4.72 Å². The van der Waals surface area contributed by atoms with Crippen LogP contribution in [-0.4, -0.2) is 8.42 Å². The van der Waals surface area contributed by atoms with Crippen LogP contribution in [0.2, 0.25) is 0 Å². The second-order valence-corrected chi connectivity index (χ2v) is 5.84. The number of anilines is 2. The van der Waals surface area contributed by atoms with Crippen LogP contribution >= 0.6 is 0 Å². The molecular formula is C14H10N4O2S. The fourth-order valence-corrected chi connectivity index (χ4v) is 2.79. The molecule has 0 saturated heterocycles. The van der Waals surface area contributed by atoms with Crippen molar-refractivity contribution in [1.29, 1.82) is 10.5 Å². The number of nitrogens with zero attached hydrogens (tertiary/aromatic N) is 2. The summed E-state index contributed by atoms with van der Waals surface area (Å²) < 4.78 is 26.8. The molecule has 104 valence electrons. The number of hydrogen-bond donors (Lipinski definition) is 2. The molecule has 0 spiro atoms. The number of nitrogens with two attached hydrogens (primary N) is 1. The molecule has 0 radical (unpaired) electrons. The van der Waals surface area contributed by atoms with Crippen LogP contribution in [0.25, 0.3) is 0 Å². The second-order valence-electron chi connectivity index (χ2n) is 4.16. The van der Waals surface area contributed by atoms with E-state index >= 15 is 0 Å². The van der Waals surface area contributed by atoms with Crippen LogP contribution in [-0.2, 0) is 10.0 Å². The Kier molecular flexibility index (Phi) is 3.79. The van der Waals surface area contributed by atoms with Crippen molar-refractivity contribution in [2.75, 3.05) is 10.5 Å². The molecule has 2 aromatic rings. The van der Waals surface area contributed by atoms with Crippen LogP contribution in [0.3, 0.4) is 0 Å². The summed E-state index contributed by atoms with van der Waals surface area (Å²) >= 11 is 0. The summed E-state index contributed by atoms with van der Waals surface area (Å²) in [4.78, 5) is -0.0368. The van der Waals surface area contributed by atoms with E-state index in [-0.39, 0.29) is 21.8 Å². The predicted octanol–water partition coefficient (Wildman–Crippen LogP) is 1.81. The molecule has 6 nitrogen and oxygen atoms in total. The largest absolute Gasteiger partial charge is 0.397 e. The van der Waals surface area contributed by atoms with Crippen molar-refractivity contribution in [3.8, 4) is 12.1 Å². The topological polar surface area (TPSA) is 120 Å². The summed E-state index contributed by atoms with van der Waals surface area (Å²) in [6.45, 7) is 0. The van der Waals surface area contributed by atoms with E-state index in [0.717, 1.165) is 0 Å². The maximum atomic E-state index is 12.2. The summed E-state index contributed by atoms with van der Waals surface area (Å²) in [5.74, 6) is 0. The van der Waals surface area contributed by atoms with Crippen LogP contribution < -0.4 is 10.5 Å². The Morgan fingerprint density at radius 1 is 1.00 bits per heavy atom. The molecule has 0 bridgehead atoms. The molecule has 2 aromatic carbocycles. The second kappa shape index (κ2) is 5.53. The molecular weight excluding hydrogens is 288 g/mol. The monoisotopic (exact) mass is 298 g/mol. The highest BCUT2D eigenvalue weighted by Gasteiger charge is 2.16. The molecule has 0 saturated carbocycles. The van der Waals surface area contributed by atoms with Gasteiger partial charge in [0.05, 0.1) is 39.5 Å². The fraction of sp³-hybridized carbons (Fsp3) is 0. The normalized spacial score (nSPS) is 10.4. The molecule has 0 fully saturated rings. The molecule has 0 heterocycles. The summed E-state index contributed by atoms with van der Waals surface area (Å²) in [6, 6.07) is 13.7. The van der Waals surface area contributed by atoms with Gasteiger partial charge in [-0.2, -0.15) is 10.5 Å². The van der Waals surface area contributed by atoms with Gasteiger partial charge in [-0.15, -0.1) is 0 Å².